The van der Waals surface area contributed by atoms with Crippen LogP contribution in [0, 0.1) is 11.8 Å². The summed E-state index contributed by atoms with van der Waals surface area (Å²) in [5.41, 5.74) is 1.77. The number of nitrogens with zero attached hydrogens (tertiary/aromatic N) is 5. The molecule has 4 rings (SSSR count). The highest BCUT2D eigenvalue weighted by molar-refractivity contribution is 6.30. The quantitative estimate of drug-likeness (QED) is 0.747. The lowest BCUT2D eigenvalue weighted by molar-refractivity contribution is 0.354. The van der Waals surface area contributed by atoms with Crippen molar-refractivity contribution in [3.05, 3.63) is 35.5 Å². The fourth-order valence-electron chi connectivity index (χ4n) is 3.74. The molecule has 6 nitrogen and oxygen atoms in total. The van der Waals surface area contributed by atoms with Gasteiger partial charge < -0.3 is 10.2 Å². The SMILES string of the molecule is CC1CC(C)CN(c2nc(Nc3ccc(Cl)cc3)c3cnn(C)c3n2)C1. The highest BCUT2D eigenvalue weighted by Crippen LogP contribution is 2.29. The van der Waals surface area contributed by atoms with Crippen LogP contribution in [-0.4, -0.2) is 32.8 Å². The first-order chi connectivity index (χ1) is 12.5. The summed E-state index contributed by atoms with van der Waals surface area (Å²) in [5.74, 6) is 2.80. The van der Waals surface area contributed by atoms with Gasteiger partial charge in [-0.1, -0.05) is 25.4 Å². The molecule has 3 heterocycles. The van der Waals surface area contributed by atoms with Gasteiger partial charge in [0, 0.05) is 30.8 Å². The van der Waals surface area contributed by atoms with Crippen LogP contribution in [0.3, 0.4) is 0 Å². The van der Waals surface area contributed by atoms with E-state index in [1.807, 2.05) is 31.3 Å². The van der Waals surface area contributed by atoms with Crippen LogP contribution >= 0.6 is 11.6 Å². The number of aromatic nitrogens is 4. The Balaban J connectivity index is 1.75. The number of halogens is 1. The zero-order chi connectivity index (χ0) is 18.3. The fourth-order valence-corrected chi connectivity index (χ4v) is 3.87. The van der Waals surface area contributed by atoms with E-state index < -0.39 is 0 Å². The summed E-state index contributed by atoms with van der Waals surface area (Å²) in [5, 5.41) is 9.38. The fraction of sp³-hybridized carbons (Fsp3) is 0.421. The van der Waals surface area contributed by atoms with Crippen LogP contribution in [-0.2, 0) is 7.05 Å². The van der Waals surface area contributed by atoms with E-state index in [9.17, 15) is 0 Å². The molecular formula is C19H23ClN6. The van der Waals surface area contributed by atoms with Gasteiger partial charge >= 0.3 is 0 Å². The Morgan fingerprint density at radius 2 is 1.77 bits per heavy atom. The maximum Gasteiger partial charge on any atom is 0.229 e. The lowest BCUT2D eigenvalue weighted by Gasteiger charge is -2.35. The third-order valence-corrected chi connectivity index (χ3v) is 5.09. The molecular weight excluding hydrogens is 348 g/mol. The molecule has 1 N–H and O–H groups in total. The zero-order valence-corrected chi connectivity index (χ0v) is 16.0. The third kappa shape index (κ3) is 3.33. The van der Waals surface area contributed by atoms with Crippen LogP contribution in [0.25, 0.3) is 11.0 Å². The zero-order valence-electron chi connectivity index (χ0n) is 15.3. The van der Waals surface area contributed by atoms with Gasteiger partial charge in [-0.15, -0.1) is 0 Å². The van der Waals surface area contributed by atoms with E-state index in [2.05, 4.69) is 29.2 Å². The molecule has 136 valence electrons. The number of anilines is 3. The van der Waals surface area contributed by atoms with Crippen molar-refractivity contribution in [3.63, 3.8) is 0 Å². The Morgan fingerprint density at radius 1 is 1.08 bits per heavy atom. The van der Waals surface area contributed by atoms with E-state index in [4.69, 9.17) is 21.6 Å². The van der Waals surface area contributed by atoms with E-state index in [1.54, 1.807) is 10.9 Å². The molecule has 0 radical (unpaired) electrons. The van der Waals surface area contributed by atoms with Crippen LogP contribution in [0.2, 0.25) is 5.02 Å². The molecule has 2 atom stereocenters. The molecule has 1 aliphatic heterocycles. The molecule has 1 aliphatic rings. The van der Waals surface area contributed by atoms with Gasteiger partial charge in [0.15, 0.2) is 5.65 Å². The number of piperidine rings is 1. The monoisotopic (exact) mass is 370 g/mol. The standard InChI is InChI=1S/C19H23ClN6/c1-12-8-13(2)11-26(10-12)19-23-17(16-9-21-25(3)18(16)24-19)22-15-6-4-14(20)5-7-15/h4-7,9,12-13H,8,10-11H2,1-3H3,(H,22,23,24). The Morgan fingerprint density at radius 3 is 2.46 bits per heavy atom. The van der Waals surface area contributed by atoms with E-state index in [1.165, 1.54) is 6.42 Å². The number of fused-ring (bicyclic) bond motifs is 1. The highest BCUT2D eigenvalue weighted by atomic mass is 35.5. The number of aryl methyl sites for hydroxylation is 1. The second kappa shape index (κ2) is 6.76. The Bertz CT molecular complexity index is 910. The van der Waals surface area contributed by atoms with Gasteiger partial charge in [0.05, 0.1) is 11.6 Å². The summed E-state index contributed by atoms with van der Waals surface area (Å²) in [6.45, 7) is 6.54. The minimum atomic E-state index is 0.636. The topological polar surface area (TPSA) is 58.9 Å². The molecule has 0 spiro atoms. The molecule has 1 saturated heterocycles. The summed E-state index contributed by atoms with van der Waals surface area (Å²) in [7, 11) is 1.91. The second-order valence-corrected chi connectivity index (χ2v) is 7.80. The Labute approximate surface area is 158 Å². The van der Waals surface area contributed by atoms with Crippen LogP contribution in [0.4, 0.5) is 17.5 Å². The first kappa shape index (κ1) is 17.1. The predicted octanol–water partition coefficient (Wildman–Crippen LogP) is 4.24. The van der Waals surface area contributed by atoms with E-state index in [0.717, 1.165) is 41.6 Å². The second-order valence-electron chi connectivity index (χ2n) is 7.36. The van der Waals surface area contributed by atoms with Gasteiger partial charge in [0.1, 0.15) is 5.82 Å². The van der Waals surface area contributed by atoms with E-state index in [-0.39, 0.29) is 0 Å². The van der Waals surface area contributed by atoms with Crippen molar-refractivity contribution in [2.24, 2.45) is 18.9 Å². The van der Waals surface area contributed by atoms with Gasteiger partial charge in [0.25, 0.3) is 0 Å². The first-order valence-electron chi connectivity index (χ1n) is 8.97. The molecule has 3 aromatic rings. The smallest absolute Gasteiger partial charge is 0.229 e. The minimum Gasteiger partial charge on any atom is -0.340 e. The molecule has 0 saturated carbocycles. The number of benzene rings is 1. The van der Waals surface area contributed by atoms with Gasteiger partial charge in [-0.25, -0.2) is 0 Å². The van der Waals surface area contributed by atoms with Crippen molar-refractivity contribution < 1.29 is 0 Å². The van der Waals surface area contributed by atoms with Gasteiger partial charge in [-0.05, 0) is 42.5 Å². The molecule has 1 aromatic carbocycles. The van der Waals surface area contributed by atoms with Crippen molar-refractivity contribution in [1.29, 1.82) is 0 Å². The number of nitrogens with one attached hydrogen (secondary N) is 1. The average molecular weight is 371 g/mol. The lowest BCUT2D eigenvalue weighted by atomic mass is 9.92. The predicted molar refractivity (Wildman–Crippen MR) is 106 cm³/mol. The largest absolute Gasteiger partial charge is 0.340 e. The molecule has 26 heavy (non-hydrogen) atoms. The maximum atomic E-state index is 5.99. The summed E-state index contributed by atoms with van der Waals surface area (Å²) in [6.07, 6.45) is 3.05. The van der Waals surface area contributed by atoms with Crippen molar-refractivity contribution in [2.75, 3.05) is 23.3 Å². The summed E-state index contributed by atoms with van der Waals surface area (Å²) >= 11 is 5.99. The first-order valence-corrected chi connectivity index (χ1v) is 9.34. The van der Waals surface area contributed by atoms with E-state index >= 15 is 0 Å². The Hall–Kier alpha value is -2.34. The van der Waals surface area contributed by atoms with Gasteiger partial charge in [-0.3, -0.25) is 4.68 Å². The Kier molecular flexibility index (Phi) is 4.44. The summed E-state index contributed by atoms with van der Waals surface area (Å²) in [6, 6.07) is 7.61. The van der Waals surface area contributed by atoms with Crippen molar-refractivity contribution in [3.8, 4) is 0 Å². The molecule has 0 aliphatic carbocycles. The maximum absolute atomic E-state index is 5.99. The number of hydrogen-bond acceptors (Lipinski definition) is 5. The highest BCUT2D eigenvalue weighted by Gasteiger charge is 2.25. The van der Waals surface area contributed by atoms with Crippen molar-refractivity contribution >= 4 is 40.1 Å². The molecule has 1 fully saturated rings. The third-order valence-electron chi connectivity index (χ3n) is 4.84. The van der Waals surface area contributed by atoms with Crippen LogP contribution in [0.15, 0.2) is 30.5 Å². The molecule has 2 aromatic heterocycles. The van der Waals surface area contributed by atoms with Gasteiger partial charge in [-0.2, -0.15) is 15.1 Å². The molecule has 7 heteroatoms. The van der Waals surface area contributed by atoms with Crippen LogP contribution in [0.5, 0.6) is 0 Å². The minimum absolute atomic E-state index is 0.636. The van der Waals surface area contributed by atoms with Crippen molar-refractivity contribution in [1.82, 2.24) is 19.7 Å². The lowest BCUT2D eigenvalue weighted by Crippen LogP contribution is -2.39. The molecule has 2 unspecified atom stereocenters. The molecule has 0 amide bonds. The number of rotatable bonds is 3. The number of hydrogen-bond donors (Lipinski definition) is 1. The van der Waals surface area contributed by atoms with E-state index in [0.29, 0.717) is 16.9 Å². The average Bonchev–Trinajstić information content (AvgIpc) is 2.97. The summed E-state index contributed by atoms with van der Waals surface area (Å²) in [4.78, 5) is 11.9. The normalized spacial score (nSPS) is 20.5. The molecule has 0 bridgehead atoms. The van der Waals surface area contributed by atoms with Crippen LogP contribution in [0.1, 0.15) is 20.3 Å². The van der Waals surface area contributed by atoms with Gasteiger partial charge in [0.2, 0.25) is 5.95 Å². The van der Waals surface area contributed by atoms with Crippen molar-refractivity contribution in [2.45, 2.75) is 20.3 Å². The van der Waals surface area contributed by atoms with Crippen LogP contribution < -0.4 is 10.2 Å². The summed E-state index contributed by atoms with van der Waals surface area (Å²) < 4.78 is 1.80.